The van der Waals surface area contributed by atoms with Gasteiger partial charge >= 0.3 is 5.97 Å². The molecule has 0 radical (unpaired) electrons. The molecule has 0 heterocycles. The first kappa shape index (κ1) is 22.6. The summed E-state index contributed by atoms with van der Waals surface area (Å²) >= 11 is 0. The molecular formula is C23H24FN3O3. The number of para-hydroxylation sites is 1. The molecule has 0 aliphatic carbocycles. The molecular weight excluding hydrogens is 385 g/mol. The number of esters is 1. The fourth-order valence-corrected chi connectivity index (χ4v) is 2.54. The highest BCUT2D eigenvalue weighted by atomic mass is 19.1. The van der Waals surface area contributed by atoms with Gasteiger partial charge in [0.25, 0.3) is 5.91 Å². The molecule has 0 aliphatic heterocycles. The second-order valence-corrected chi connectivity index (χ2v) is 6.49. The van der Waals surface area contributed by atoms with Gasteiger partial charge in [-0.3, -0.25) is 4.79 Å². The Hall–Kier alpha value is -3.66. The van der Waals surface area contributed by atoms with Crippen LogP contribution in [0.3, 0.4) is 0 Å². The van der Waals surface area contributed by atoms with Crippen LogP contribution in [0, 0.1) is 17.1 Å². The number of anilines is 1. The number of hydrogen-bond acceptors (Lipinski definition) is 5. The third-order valence-corrected chi connectivity index (χ3v) is 4.21. The van der Waals surface area contributed by atoms with E-state index in [0.29, 0.717) is 19.6 Å². The van der Waals surface area contributed by atoms with Crippen LogP contribution >= 0.6 is 0 Å². The number of rotatable bonds is 10. The molecule has 7 heteroatoms. The summed E-state index contributed by atoms with van der Waals surface area (Å²) in [7, 11) is 0. The van der Waals surface area contributed by atoms with E-state index in [2.05, 4.69) is 10.6 Å². The molecule has 0 saturated carbocycles. The number of nitrogens with zero attached hydrogens (tertiary/aromatic N) is 1. The molecule has 0 aromatic heterocycles. The van der Waals surface area contributed by atoms with Gasteiger partial charge in [0.2, 0.25) is 0 Å². The van der Waals surface area contributed by atoms with Crippen molar-refractivity contribution in [1.29, 1.82) is 5.26 Å². The molecule has 2 N–H and O–H groups in total. The van der Waals surface area contributed by atoms with Crippen molar-refractivity contribution in [3.05, 3.63) is 77.2 Å². The maximum absolute atomic E-state index is 12.9. The molecule has 156 valence electrons. The molecule has 0 unspecified atom stereocenters. The zero-order chi connectivity index (χ0) is 21.8. The van der Waals surface area contributed by atoms with E-state index in [9.17, 15) is 19.2 Å². The lowest BCUT2D eigenvalue weighted by Gasteiger charge is -2.10. The first-order valence-electron chi connectivity index (χ1n) is 9.70. The summed E-state index contributed by atoms with van der Waals surface area (Å²) in [5, 5.41) is 14.8. The first-order chi connectivity index (χ1) is 14.5. The Morgan fingerprint density at radius 2 is 1.90 bits per heavy atom. The van der Waals surface area contributed by atoms with E-state index in [1.807, 2.05) is 13.0 Å². The number of nitriles is 1. The number of amides is 1. The minimum atomic E-state index is -0.638. The Kier molecular flexibility index (Phi) is 9.07. The quantitative estimate of drug-likeness (QED) is 0.268. The van der Waals surface area contributed by atoms with Gasteiger partial charge in [-0.25, -0.2) is 9.18 Å². The molecule has 0 saturated heterocycles. The summed E-state index contributed by atoms with van der Waals surface area (Å²) in [5.41, 5.74) is 1.29. The van der Waals surface area contributed by atoms with Crippen molar-refractivity contribution in [3.63, 3.8) is 0 Å². The molecule has 2 rings (SSSR count). The highest BCUT2D eigenvalue weighted by molar-refractivity contribution is 6.09. The van der Waals surface area contributed by atoms with Gasteiger partial charge in [-0.15, -0.1) is 0 Å². The molecule has 6 nitrogen and oxygen atoms in total. The second kappa shape index (κ2) is 12.0. The van der Waals surface area contributed by atoms with Crippen molar-refractivity contribution in [2.45, 2.75) is 26.2 Å². The van der Waals surface area contributed by atoms with Gasteiger partial charge in [0.05, 0.1) is 17.9 Å². The third-order valence-electron chi connectivity index (χ3n) is 4.21. The van der Waals surface area contributed by atoms with Gasteiger partial charge in [0.1, 0.15) is 17.5 Å². The van der Waals surface area contributed by atoms with Gasteiger partial charge in [0.15, 0.2) is 0 Å². The smallest absolute Gasteiger partial charge is 0.340 e. The standard InChI is InChI=1S/C23H24FN3O3/c1-2-3-14-30-23(29)20-6-4-5-7-21(20)27-22(28)18(15-25)16-26-13-12-17-8-10-19(24)11-9-17/h4-11,16,26H,2-3,12-14H2,1H3,(H,27,28)/b18-16-. The highest BCUT2D eigenvalue weighted by Gasteiger charge is 2.16. The molecule has 1 amide bonds. The molecule has 2 aromatic rings. The van der Waals surface area contributed by atoms with Crippen molar-refractivity contribution in [3.8, 4) is 6.07 Å². The molecule has 0 atom stereocenters. The van der Waals surface area contributed by atoms with Gasteiger partial charge in [-0.05, 0) is 42.7 Å². The molecule has 0 fully saturated rings. The maximum atomic E-state index is 12.9. The largest absolute Gasteiger partial charge is 0.462 e. The van der Waals surface area contributed by atoms with Crippen LogP contribution in [0.5, 0.6) is 0 Å². The Morgan fingerprint density at radius 3 is 2.60 bits per heavy atom. The summed E-state index contributed by atoms with van der Waals surface area (Å²) < 4.78 is 18.1. The lowest BCUT2D eigenvalue weighted by atomic mass is 10.1. The number of nitrogens with one attached hydrogen (secondary N) is 2. The Labute approximate surface area is 175 Å². The molecule has 30 heavy (non-hydrogen) atoms. The van der Waals surface area contributed by atoms with Crippen molar-refractivity contribution in [1.82, 2.24) is 5.32 Å². The maximum Gasteiger partial charge on any atom is 0.340 e. The van der Waals surface area contributed by atoms with Gasteiger partial charge in [-0.2, -0.15) is 5.26 Å². The lowest BCUT2D eigenvalue weighted by Crippen LogP contribution is -2.19. The van der Waals surface area contributed by atoms with E-state index in [-0.39, 0.29) is 22.6 Å². The van der Waals surface area contributed by atoms with E-state index >= 15 is 0 Å². The number of halogens is 1. The normalized spacial score (nSPS) is 10.8. The fourth-order valence-electron chi connectivity index (χ4n) is 2.54. The van der Waals surface area contributed by atoms with E-state index in [4.69, 9.17) is 4.74 Å². The monoisotopic (exact) mass is 409 g/mol. The molecule has 2 aromatic carbocycles. The van der Waals surface area contributed by atoms with E-state index in [1.165, 1.54) is 18.3 Å². The number of ether oxygens (including phenoxy) is 1. The predicted octanol–water partition coefficient (Wildman–Crippen LogP) is 3.96. The van der Waals surface area contributed by atoms with Crippen LogP contribution in [0.1, 0.15) is 35.7 Å². The average molecular weight is 409 g/mol. The average Bonchev–Trinajstić information content (AvgIpc) is 2.75. The van der Waals surface area contributed by atoms with Crippen LogP contribution in [-0.4, -0.2) is 25.0 Å². The van der Waals surface area contributed by atoms with Crippen LogP contribution in [0.15, 0.2) is 60.3 Å². The predicted molar refractivity (Wildman–Crippen MR) is 112 cm³/mol. The van der Waals surface area contributed by atoms with Crippen molar-refractivity contribution in [2.75, 3.05) is 18.5 Å². The van der Waals surface area contributed by atoms with Crippen LogP contribution in [0.25, 0.3) is 0 Å². The van der Waals surface area contributed by atoms with Gasteiger partial charge < -0.3 is 15.4 Å². The second-order valence-electron chi connectivity index (χ2n) is 6.49. The third kappa shape index (κ3) is 7.06. The summed E-state index contributed by atoms with van der Waals surface area (Å²) in [6.45, 7) is 2.76. The summed E-state index contributed by atoms with van der Waals surface area (Å²) in [6.07, 6.45) is 3.58. The SMILES string of the molecule is CCCCOC(=O)c1ccccc1NC(=O)/C(C#N)=C\NCCc1ccc(F)cc1. The van der Waals surface area contributed by atoms with Crippen LogP contribution in [0.4, 0.5) is 10.1 Å². The lowest BCUT2D eigenvalue weighted by molar-refractivity contribution is -0.112. The zero-order valence-corrected chi connectivity index (χ0v) is 16.8. The number of hydrogen-bond donors (Lipinski definition) is 2. The summed E-state index contributed by atoms with van der Waals surface area (Å²) in [6, 6.07) is 14.4. The van der Waals surface area contributed by atoms with E-state index < -0.39 is 11.9 Å². The van der Waals surface area contributed by atoms with Gasteiger partial charge in [-0.1, -0.05) is 37.6 Å². The Bertz CT molecular complexity index is 933. The highest BCUT2D eigenvalue weighted by Crippen LogP contribution is 2.17. The Balaban J connectivity index is 1.96. The van der Waals surface area contributed by atoms with Crippen LogP contribution in [0.2, 0.25) is 0 Å². The van der Waals surface area contributed by atoms with Crippen molar-refractivity contribution < 1.29 is 18.7 Å². The summed E-state index contributed by atoms with van der Waals surface area (Å²) in [4.78, 5) is 24.7. The number of carbonyl (C=O) groups is 2. The minimum absolute atomic E-state index is 0.136. The fraction of sp³-hybridized carbons (Fsp3) is 0.261. The minimum Gasteiger partial charge on any atom is -0.462 e. The molecule has 0 spiro atoms. The number of benzene rings is 2. The topological polar surface area (TPSA) is 91.2 Å². The number of carbonyl (C=O) groups excluding carboxylic acids is 2. The first-order valence-corrected chi connectivity index (χ1v) is 9.70. The van der Waals surface area contributed by atoms with E-state index in [0.717, 1.165) is 18.4 Å². The Morgan fingerprint density at radius 1 is 1.17 bits per heavy atom. The van der Waals surface area contributed by atoms with Crippen LogP contribution < -0.4 is 10.6 Å². The van der Waals surface area contributed by atoms with Crippen LogP contribution in [-0.2, 0) is 16.0 Å². The number of unbranched alkanes of at least 4 members (excludes halogenated alkanes) is 1. The van der Waals surface area contributed by atoms with Gasteiger partial charge in [0, 0.05) is 12.7 Å². The molecule has 0 aliphatic rings. The molecule has 0 bridgehead atoms. The summed E-state index contributed by atoms with van der Waals surface area (Å²) in [5.74, 6) is -1.47. The zero-order valence-electron chi connectivity index (χ0n) is 16.8. The van der Waals surface area contributed by atoms with Crippen molar-refractivity contribution >= 4 is 17.6 Å². The van der Waals surface area contributed by atoms with E-state index in [1.54, 1.807) is 36.4 Å². The van der Waals surface area contributed by atoms with Crippen molar-refractivity contribution in [2.24, 2.45) is 0 Å².